The Kier molecular flexibility index (Phi) is 4.14. The molecule has 0 fully saturated rings. The van der Waals surface area contributed by atoms with E-state index in [1.165, 1.54) is 7.11 Å². The molecule has 2 heterocycles. The van der Waals surface area contributed by atoms with Gasteiger partial charge in [-0.15, -0.1) is 0 Å². The van der Waals surface area contributed by atoms with Crippen molar-refractivity contribution >= 4 is 17.6 Å². The summed E-state index contributed by atoms with van der Waals surface area (Å²) in [6, 6.07) is 10.4. The van der Waals surface area contributed by atoms with Crippen LogP contribution in [0.15, 0.2) is 36.4 Å². The molecule has 0 saturated carbocycles. The third-order valence-corrected chi connectivity index (χ3v) is 2.88. The lowest BCUT2D eigenvalue weighted by Crippen LogP contribution is -2.19. The van der Waals surface area contributed by atoms with Gasteiger partial charge < -0.3 is 16.2 Å². The minimum atomic E-state index is -0.558. The van der Waals surface area contributed by atoms with Gasteiger partial charge in [0.1, 0.15) is 17.6 Å². The normalized spacial score (nSPS) is 11.8. The van der Waals surface area contributed by atoms with E-state index in [9.17, 15) is 4.79 Å². The van der Waals surface area contributed by atoms with Crippen LogP contribution in [-0.2, 0) is 16.0 Å². The van der Waals surface area contributed by atoms with Gasteiger partial charge in [0.2, 0.25) is 0 Å². The van der Waals surface area contributed by atoms with Gasteiger partial charge in [0.25, 0.3) is 0 Å². The molecule has 0 aromatic carbocycles. The number of aromatic nitrogens is 2. The van der Waals surface area contributed by atoms with Gasteiger partial charge in [-0.25, -0.2) is 9.97 Å². The van der Waals surface area contributed by atoms with Gasteiger partial charge in [-0.3, -0.25) is 4.79 Å². The van der Waals surface area contributed by atoms with Gasteiger partial charge in [0, 0.05) is 12.1 Å². The zero-order valence-electron chi connectivity index (χ0n) is 11.1. The summed E-state index contributed by atoms with van der Waals surface area (Å²) in [5.41, 5.74) is 12.6. The molecule has 1 unspecified atom stereocenters. The maximum atomic E-state index is 12.0. The van der Waals surface area contributed by atoms with Gasteiger partial charge in [0.05, 0.1) is 12.8 Å². The summed E-state index contributed by atoms with van der Waals surface area (Å²) in [4.78, 5) is 20.3. The first kappa shape index (κ1) is 13.8. The Hall–Kier alpha value is -2.63. The zero-order chi connectivity index (χ0) is 14.5. The summed E-state index contributed by atoms with van der Waals surface area (Å²) in [5, 5.41) is 0. The first-order chi connectivity index (χ1) is 9.60. The molecular formula is C14H16N4O2. The van der Waals surface area contributed by atoms with Crippen LogP contribution in [0.25, 0.3) is 0 Å². The Labute approximate surface area is 116 Å². The SMILES string of the molecule is COC(=O)C(Cc1cccc(N)n1)c1cccc(N)n1. The van der Waals surface area contributed by atoms with E-state index in [2.05, 4.69) is 9.97 Å². The van der Waals surface area contributed by atoms with Crippen molar-refractivity contribution in [2.45, 2.75) is 12.3 Å². The lowest BCUT2D eigenvalue weighted by atomic mass is 9.98. The van der Waals surface area contributed by atoms with E-state index in [-0.39, 0.29) is 5.97 Å². The van der Waals surface area contributed by atoms with Crippen molar-refractivity contribution in [3.8, 4) is 0 Å². The summed E-state index contributed by atoms with van der Waals surface area (Å²) >= 11 is 0. The molecule has 2 rings (SSSR count). The van der Waals surface area contributed by atoms with E-state index >= 15 is 0 Å². The van der Waals surface area contributed by atoms with E-state index in [1.807, 2.05) is 0 Å². The molecular weight excluding hydrogens is 256 g/mol. The maximum absolute atomic E-state index is 12.0. The molecule has 0 amide bonds. The fourth-order valence-corrected chi connectivity index (χ4v) is 1.93. The number of esters is 1. The molecule has 0 bridgehead atoms. The highest BCUT2D eigenvalue weighted by atomic mass is 16.5. The lowest BCUT2D eigenvalue weighted by Gasteiger charge is -2.14. The number of rotatable bonds is 4. The topological polar surface area (TPSA) is 104 Å². The van der Waals surface area contributed by atoms with Gasteiger partial charge in [0.15, 0.2) is 0 Å². The predicted octanol–water partition coefficient (Wildman–Crippen LogP) is 1.14. The molecule has 6 heteroatoms. The number of carbonyl (C=O) groups excluding carboxylic acids is 1. The molecule has 2 aromatic rings. The highest BCUT2D eigenvalue weighted by Gasteiger charge is 2.24. The Morgan fingerprint density at radius 2 is 1.80 bits per heavy atom. The van der Waals surface area contributed by atoms with E-state index in [4.69, 9.17) is 16.2 Å². The first-order valence-electron chi connectivity index (χ1n) is 6.12. The Morgan fingerprint density at radius 1 is 1.15 bits per heavy atom. The fourth-order valence-electron chi connectivity index (χ4n) is 1.93. The van der Waals surface area contributed by atoms with Crippen LogP contribution in [0.4, 0.5) is 11.6 Å². The number of pyridine rings is 2. The van der Waals surface area contributed by atoms with E-state index in [0.29, 0.717) is 29.4 Å². The van der Waals surface area contributed by atoms with Gasteiger partial charge >= 0.3 is 5.97 Å². The molecule has 20 heavy (non-hydrogen) atoms. The van der Waals surface area contributed by atoms with Crippen LogP contribution in [0.3, 0.4) is 0 Å². The third-order valence-electron chi connectivity index (χ3n) is 2.88. The summed E-state index contributed by atoms with van der Waals surface area (Å²) in [7, 11) is 1.34. The summed E-state index contributed by atoms with van der Waals surface area (Å²) in [6.45, 7) is 0. The molecule has 0 saturated heterocycles. The molecule has 0 aliphatic rings. The second-order valence-corrected chi connectivity index (χ2v) is 4.32. The standard InChI is InChI=1S/C14H16N4O2/c1-20-14(19)10(11-5-3-7-13(16)18-11)8-9-4-2-6-12(15)17-9/h2-7,10H,8H2,1H3,(H2,15,17)(H2,16,18). The smallest absolute Gasteiger partial charge is 0.315 e. The van der Waals surface area contributed by atoms with Crippen molar-refractivity contribution in [2.75, 3.05) is 18.6 Å². The molecule has 4 N–H and O–H groups in total. The van der Waals surface area contributed by atoms with Gasteiger partial charge in [-0.05, 0) is 24.3 Å². The zero-order valence-corrected chi connectivity index (χ0v) is 11.1. The van der Waals surface area contributed by atoms with Crippen LogP contribution in [0.5, 0.6) is 0 Å². The average Bonchev–Trinajstić information content (AvgIpc) is 2.44. The fraction of sp³-hybridized carbons (Fsp3) is 0.214. The van der Waals surface area contributed by atoms with E-state index in [1.54, 1.807) is 36.4 Å². The number of carbonyl (C=O) groups is 1. The second kappa shape index (κ2) is 6.01. The summed E-state index contributed by atoms with van der Waals surface area (Å²) < 4.78 is 4.83. The lowest BCUT2D eigenvalue weighted by molar-refractivity contribution is -0.142. The molecule has 0 aliphatic carbocycles. The molecule has 1 atom stereocenters. The molecule has 104 valence electrons. The molecule has 0 radical (unpaired) electrons. The van der Waals surface area contributed by atoms with E-state index in [0.717, 1.165) is 0 Å². The minimum absolute atomic E-state index is 0.355. The highest BCUT2D eigenvalue weighted by molar-refractivity contribution is 5.78. The van der Waals surface area contributed by atoms with Gasteiger partial charge in [-0.2, -0.15) is 0 Å². The average molecular weight is 272 g/mol. The second-order valence-electron chi connectivity index (χ2n) is 4.32. The number of methoxy groups -OCH3 is 1. The number of hydrogen-bond acceptors (Lipinski definition) is 6. The van der Waals surface area contributed by atoms with Crippen molar-refractivity contribution in [3.63, 3.8) is 0 Å². The molecule has 0 aliphatic heterocycles. The quantitative estimate of drug-likeness (QED) is 0.809. The Morgan fingerprint density at radius 3 is 2.40 bits per heavy atom. The first-order valence-corrected chi connectivity index (χ1v) is 6.12. The van der Waals surface area contributed by atoms with Crippen molar-refractivity contribution in [1.82, 2.24) is 9.97 Å². The number of anilines is 2. The third kappa shape index (κ3) is 3.23. The largest absolute Gasteiger partial charge is 0.468 e. The van der Waals surface area contributed by atoms with Crippen molar-refractivity contribution in [3.05, 3.63) is 47.8 Å². The number of nitrogen functional groups attached to an aromatic ring is 2. The van der Waals surface area contributed by atoms with Crippen LogP contribution in [0.2, 0.25) is 0 Å². The maximum Gasteiger partial charge on any atom is 0.315 e. The summed E-state index contributed by atoms with van der Waals surface area (Å²) in [5.74, 6) is -0.172. The van der Waals surface area contributed by atoms with E-state index < -0.39 is 5.92 Å². The monoisotopic (exact) mass is 272 g/mol. The number of hydrogen-bond donors (Lipinski definition) is 2. The van der Waals surface area contributed by atoms with Crippen LogP contribution >= 0.6 is 0 Å². The molecule has 0 spiro atoms. The van der Waals surface area contributed by atoms with Crippen molar-refractivity contribution in [2.24, 2.45) is 0 Å². The van der Waals surface area contributed by atoms with Crippen LogP contribution in [0, 0.1) is 0 Å². The minimum Gasteiger partial charge on any atom is -0.468 e. The van der Waals surface area contributed by atoms with Crippen molar-refractivity contribution < 1.29 is 9.53 Å². The summed E-state index contributed by atoms with van der Waals surface area (Å²) in [6.07, 6.45) is 0.355. The van der Waals surface area contributed by atoms with Crippen LogP contribution in [-0.4, -0.2) is 23.0 Å². The van der Waals surface area contributed by atoms with Crippen LogP contribution in [0.1, 0.15) is 17.3 Å². The number of ether oxygens (including phenoxy) is 1. The predicted molar refractivity (Wildman–Crippen MR) is 75.8 cm³/mol. The highest BCUT2D eigenvalue weighted by Crippen LogP contribution is 2.21. The molecule has 2 aromatic heterocycles. The number of nitrogens with zero attached hydrogens (tertiary/aromatic N) is 2. The Bertz CT molecular complexity index is 616. The number of nitrogens with two attached hydrogens (primary N) is 2. The van der Waals surface area contributed by atoms with Gasteiger partial charge in [-0.1, -0.05) is 12.1 Å². The Balaban J connectivity index is 2.31. The molecule has 6 nitrogen and oxygen atoms in total. The van der Waals surface area contributed by atoms with Crippen molar-refractivity contribution in [1.29, 1.82) is 0 Å². The van der Waals surface area contributed by atoms with Crippen LogP contribution < -0.4 is 11.5 Å².